The van der Waals surface area contributed by atoms with Gasteiger partial charge in [-0.25, -0.2) is 4.79 Å². The van der Waals surface area contributed by atoms with E-state index in [1.165, 1.54) is 10.8 Å². The number of hydrogen-bond acceptors (Lipinski definition) is 4. The molecule has 1 unspecified atom stereocenters. The topological polar surface area (TPSA) is 67.3 Å². The van der Waals surface area contributed by atoms with Gasteiger partial charge in [0, 0.05) is 25.3 Å². The number of nitrogens with one attached hydrogen (secondary N) is 1. The highest BCUT2D eigenvalue weighted by Crippen LogP contribution is 2.10. The third-order valence-electron chi connectivity index (χ3n) is 3.27. The first-order valence-electron chi connectivity index (χ1n) is 6.32. The van der Waals surface area contributed by atoms with Gasteiger partial charge in [-0.15, -0.1) is 0 Å². The Balaban J connectivity index is 2.11. The van der Waals surface area contributed by atoms with E-state index >= 15 is 0 Å². The lowest BCUT2D eigenvalue weighted by Crippen LogP contribution is -2.48. The highest BCUT2D eigenvalue weighted by atomic mass is 79.9. The van der Waals surface area contributed by atoms with Gasteiger partial charge >= 0.3 is 5.69 Å². The third-order valence-corrected chi connectivity index (χ3v) is 3.83. The molecule has 1 aromatic rings. The van der Waals surface area contributed by atoms with Crippen molar-refractivity contribution >= 4 is 15.9 Å². The van der Waals surface area contributed by atoms with E-state index in [-0.39, 0.29) is 6.10 Å². The minimum Gasteiger partial charge on any atom is -0.374 e. The molecule has 2 heterocycles. The molecule has 106 valence electrons. The fraction of sp³-hybridized carbons (Fsp3) is 0.667. The van der Waals surface area contributed by atoms with E-state index in [4.69, 9.17) is 4.74 Å². The van der Waals surface area contributed by atoms with Gasteiger partial charge in [0.05, 0.1) is 23.7 Å². The van der Waals surface area contributed by atoms with Crippen molar-refractivity contribution in [3.63, 3.8) is 0 Å². The Morgan fingerprint density at radius 2 is 2.26 bits per heavy atom. The van der Waals surface area contributed by atoms with Crippen LogP contribution < -0.4 is 11.2 Å². The fourth-order valence-corrected chi connectivity index (χ4v) is 2.51. The average molecular weight is 332 g/mol. The van der Waals surface area contributed by atoms with Gasteiger partial charge in [-0.1, -0.05) is 0 Å². The predicted molar refractivity (Wildman–Crippen MR) is 75.5 cm³/mol. The number of nitrogens with zero attached hydrogens (tertiary/aromatic N) is 2. The van der Waals surface area contributed by atoms with Gasteiger partial charge in [-0.3, -0.25) is 19.2 Å². The Morgan fingerprint density at radius 1 is 1.53 bits per heavy atom. The van der Waals surface area contributed by atoms with E-state index in [2.05, 4.69) is 39.7 Å². The number of H-pyrrole nitrogens is 1. The van der Waals surface area contributed by atoms with Crippen LogP contribution in [0, 0.1) is 0 Å². The number of halogens is 1. The number of hydrogen-bond donors (Lipinski definition) is 1. The average Bonchev–Trinajstić information content (AvgIpc) is 2.36. The minimum atomic E-state index is -0.408. The molecule has 1 aromatic heterocycles. The number of ether oxygens (including phenoxy) is 1. The van der Waals surface area contributed by atoms with Crippen LogP contribution in [0.2, 0.25) is 0 Å². The summed E-state index contributed by atoms with van der Waals surface area (Å²) in [6.45, 7) is 7.11. The van der Waals surface area contributed by atoms with Gasteiger partial charge in [0.2, 0.25) is 0 Å². The molecule has 1 atom stereocenters. The van der Waals surface area contributed by atoms with E-state index in [1.807, 2.05) is 0 Å². The molecular weight excluding hydrogens is 314 g/mol. The Hall–Kier alpha value is -0.920. The van der Waals surface area contributed by atoms with Gasteiger partial charge in [-0.05, 0) is 29.8 Å². The van der Waals surface area contributed by atoms with Crippen molar-refractivity contribution in [1.29, 1.82) is 0 Å². The van der Waals surface area contributed by atoms with Crippen LogP contribution in [0.25, 0.3) is 0 Å². The van der Waals surface area contributed by atoms with Crippen molar-refractivity contribution in [3.8, 4) is 0 Å². The summed E-state index contributed by atoms with van der Waals surface area (Å²) in [5.41, 5.74) is -0.812. The lowest BCUT2D eigenvalue weighted by atomic mass is 10.2. The van der Waals surface area contributed by atoms with Crippen LogP contribution in [0.15, 0.2) is 20.3 Å². The molecule has 0 bridgehead atoms. The first-order valence-corrected chi connectivity index (χ1v) is 7.11. The largest absolute Gasteiger partial charge is 0.374 e. The quantitative estimate of drug-likeness (QED) is 0.871. The van der Waals surface area contributed by atoms with Crippen LogP contribution in [-0.4, -0.2) is 46.3 Å². The molecule has 0 aromatic carbocycles. The van der Waals surface area contributed by atoms with Crippen LogP contribution in [-0.2, 0) is 11.3 Å². The maximum Gasteiger partial charge on any atom is 0.328 e. The van der Waals surface area contributed by atoms with E-state index < -0.39 is 11.2 Å². The van der Waals surface area contributed by atoms with Gasteiger partial charge < -0.3 is 4.74 Å². The summed E-state index contributed by atoms with van der Waals surface area (Å²) < 4.78 is 7.50. The van der Waals surface area contributed by atoms with Gasteiger partial charge in [-0.2, -0.15) is 0 Å². The van der Waals surface area contributed by atoms with Crippen LogP contribution in [0.4, 0.5) is 0 Å². The summed E-state index contributed by atoms with van der Waals surface area (Å²) in [4.78, 5) is 27.6. The molecule has 0 spiro atoms. The lowest BCUT2D eigenvalue weighted by molar-refractivity contribution is -0.0461. The summed E-state index contributed by atoms with van der Waals surface area (Å²) in [7, 11) is 0. The monoisotopic (exact) mass is 331 g/mol. The van der Waals surface area contributed by atoms with Crippen LogP contribution in [0.5, 0.6) is 0 Å². The summed E-state index contributed by atoms with van der Waals surface area (Å²) >= 11 is 3.13. The Morgan fingerprint density at radius 3 is 2.95 bits per heavy atom. The number of morpholine rings is 1. The standard InChI is InChI=1S/C12H18BrN3O3/c1-8(2)15-3-4-19-9(5-15)6-16-7-10(13)11(17)14-12(16)18/h7-9H,3-6H2,1-2H3,(H,14,17,18). The molecule has 6 nitrogen and oxygen atoms in total. The molecule has 2 rings (SSSR count). The molecule has 1 saturated heterocycles. The lowest BCUT2D eigenvalue weighted by Gasteiger charge is -2.35. The Kier molecular flexibility index (Phi) is 4.59. The number of aromatic amines is 1. The van der Waals surface area contributed by atoms with Crippen molar-refractivity contribution in [1.82, 2.24) is 14.5 Å². The van der Waals surface area contributed by atoms with Crippen LogP contribution >= 0.6 is 15.9 Å². The second-order valence-corrected chi connectivity index (χ2v) is 5.82. The smallest absolute Gasteiger partial charge is 0.328 e. The zero-order chi connectivity index (χ0) is 14.0. The zero-order valence-electron chi connectivity index (χ0n) is 11.1. The molecule has 0 radical (unpaired) electrons. The summed E-state index contributed by atoms with van der Waals surface area (Å²) in [5, 5.41) is 0. The molecule has 1 fully saturated rings. The van der Waals surface area contributed by atoms with Crippen molar-refractivity contribution in [2.75, 3.05) is 19.7 Å². The van der Waals surface area contributed by atoms with Crippen molar-refractivity contribution < 1.29 is 4.74 Å². The third kappa shape index (κ3) is 3.55. The van der Waals surface area contributed by atoms with Gasteiger partial charge in [0.25, 0.3) is 5.56 Å². The molecular formula is C12H18BrN3O3. The first-order chi connectivity index (χ1) is 8.97. The number of rotatable bonds is 3. The van der Waals surface area contributed by atoms with E-state index in [0.29, 0.717) is 23.7 Å². The molecule has 1 aliphatic rings. The SMILES string of the molecule is CC(C)N1CCOC(Cn2cc(Br)c(=O)[nH]c2=O)C1. The molecule has 0 saturated carbocycles. The Bertz CT molecular complexity index is 552. The summed E-state index contributed by atoms with van der Waals surface area (Å²) in [6.07, 6.45) is 1.48. The molecule has 1 aliphatic heterocycles. The van der Waals surface area contributed by atoms with Crippen LogP contribution in [0.3, 0.4) is 0 Å². The second-order valence-electron chi connectivity index (χ2n) is 4.97. The van der Waals surface area contributed by atoms with Crippen LogP contribution in [0.1, 0.15) is 13.8 Å². The number of aromatic nitrogens is 2. The van der Waals surface area contributed by atoms with Gasteiger partial charge in [0.1, 0.15) is 0 Å². The van der Waals surface area contributed by atoms with Crippen molar-refractivity contribution in [2.24, 2.45) is 0 Å². The summed E-state index contributed by atoms with van der Waals surface area (Å²) in [6, 6.07) is 0.463. The van der Waals surface area contributed by atoms with E-state index in [1.54, 1.807) is 0 Å². The maximum absolute atomic E-state index is 11.7. The van der Waals surface area contributed by atoms with E-state index in [0.717, 1.165) is 13.1 Å². The predicted octanol–water partition coefficient (Wildman–Crippen LogP) is 0.408. The van der Waals surface area contributed by atoms with Crippen molar-refractivity contribution in [3.05, 3.63) is 31.5 Å². The zero-order valence-corrected chi connectivity index (χ0v) is 12.6. The van der Waals surface area contributed by atoms with E-state index in [9.17, 15) is 9.59 Å². The van der Waals surface area contributed by atoms with Gasteiger partial charge in [0.15, 0.2) is 0 Å². The molecule has 0 aliphatic carbocycles. The highest BCUT2D eigenvalue weighted by molar-refractivity contribution is 9.10. The fourth-order valence-electron chi connectivity index (χ4n) is 2.16. The minimum absolute atomic E-state index is 0.0355. The Labute approximate surface area is 119 Å². The second kappa shape index (κ2) is 6.02. The highest BCUT2D eigenvalue weighted by Gasteiger charge is 2.22. The molecule has 7 heteroatoms. The molecule has 1 N–H and O–H groups in total. The first kappa shape index (κ1) is 14.5. The molecule has 0 amide bonds. The normalized spacial score (nSPS) is 20.9. The summed E-state index contributed by atoms with van der Waals surface area (Å²) in [5.74, 6) is 0. The maximum atomic E-state index is 11.7. The molecule has 19 heavy (non-hydrogen) atoms. The van der Waals surface area contributed by atoms with Crippen molar-refractivity contribution in [2.45, 2.75) is 32.5 Å².